The average molecular weight is 437 g/mol. The van der Waals surface area contributed by atoms with Gasteiger partial charge in [0.05, 0.1) is 11.0 Å². The summed E-state index contributed by atoms with van der Waals surface area (Å²) in [5.74, 6) is -0.129. The maximum Gasteiger partial charge on any atom is 0.340 e. The maximum atomic E-state index is 12.2. The molecule has 0 spiro atoms. The van der Waals surface area contributed by atoms with E-state index in [1.165, 1.54) is 24.3 Å². The fourth-order valence-corrected chi connectivity index (χ4v) is 3.87. The van der Waals surface area contributed by atoms with Crippen molar-refractivity contribution in [1.29, 1.82) is 0 Å². The number of hydrogen-bond acceptors (Lipinski definition) is 5. The lowest BCUT2D eigenvalue weighted by atomic mass is 10.3. The molecule has 0 radical (unpaired) electrons. The molecule has 0 heterocycles. The van der Waals surface area contributed by atoms with Gasteiger partial charge in [0, 0.05) is 15.0 Å². The zero-order valence-corrected chi connectivity index (χ0v) is 14.2. The van der Waals surface area contributed by atoms with E-state index in [0.29, 0.717) is 8.95 Å². The topological polar surface area (TPSA) is 86.5 Å². The van der Waals surface area contributed by atoms with Crippen LogP contribution in [-0.4, -0.2) is 13.3 Å². The second-order valence-electron chi connectivity index (χ2n) is 3.87. The zero-order chi connectivity index (χ0) is 15.6. The van der Waals surface area contributed by atoms with Crippen molar-refractivity contribution < 1.29 is 17.5 Å². The van der Waals surface area contributed by atoms with Gasteiger partial charge in [-0.15, -0.1) is 0 Å². The first-order chi connectivity index (χ1) is 9.79. The number of rotatable bonds is 4. The quantitative estimate of drug-likeness (QED) is 0.412. The van der Waals surface area contributed by atoms with Crippen molar-refractivity contribution in [2.75, 3.05) is 0 Å². The standard InChI is InChI=1S/C12H7Br2NO5S/c13-8-4-5-11(14)12(6-8)21(18,19)20-10-3-1-2-9(7-10)15(16)17/h1-7H. The lowest BCUT2D eigenvalue weighted by Crippen LogP contribution is -2.10. The first-order valence-electron chi connectivity index (χ1n) is 5.43. The van der Waals surface area contributed by atoms with Gasteiger partial charge in [0.2, 0.25) is 0 Å². The molecule has 2 aromatic rings. The second-order valence-corrected chi connectivity index (χ2v) is 7.15. The highest BCUT2D eigenvalue weighted by Crippen LogP contribution is 2.29. The van der Waals surface area contributed by atoms with Crippen LogP contribution in [-0.2, 0) is 10.1 Å². The number of non-ortho nitro benzene ring substituents is 1. The van der Waals surface area contributed by atoms with Gasteiger partial charge in [-0.05, 0) is 40.2 Å². The Morgan fingerprint density at radius 3 is 2.48 bits per heavy atom. The minimum absolute atomic E-state index is 0.0802. The highest BCUT2D eigenvalue weighted by molar-refractivity contribution is 9.11. The van der Waals surface area contributed by atoms with Crippen LogP contribution in [0.25, 0.3) is 0 Å². The number of halogens is 2. The SMILES string of the molecule is O=[N+]([O-])c1cccc(OS(=O)(=O)c2cc(Br)ccc2Br)c1. The lowest BCUT2D eigenvalue weighted by Gasteiger charge is -2.08. The molecule has 6 nitrogen and oxygen atoms in total. The molecule has 0 amide bonds. The average Bonchev–Trinajstić information content (AvgIpc) is 2.41. The van der Waals surface area contributed by atoms with E-state index in [-0.39, 0.29) is 16.3 Å². The molecule has 110 valence electrons. The fraction of sp³-hybridized carbons (Fsp3) is 0. The van der Waals surface area contributed by atoms with Gasteiger partial charge in [-0.25, -0.2) is 0 Å². The summed E-state index contributed by atoms with van der Waals surface area (Å²) in [6.45, 7) is 0. The maximum absolute atomic E-state index is 12.2. The Kier molecular flexibility index (Phi) is 4.64. The molecule has 0 aliphatic rings. The first kappa shape index (κ1) is 15.9. The molecule has 0 unspecified atom stereocenters. The van der Waals surface area contributed by atoms with Crippen LogP contribution < -0.4 is 4.18 Å². The second kappa shape index (κ2) is 6.12. The van der Waals surface area contributed by atoms with E-state index in [9.17, 15) is 18.5 Å². The van der Waals surface area contributed by atoms with Crippen LogP contribution in [0.3, 0.4) is 0 Å². The van der Waals surface area contributed by atoms with E-state index in [1.54, 1.807) is 12.1 Å². The molecule has 0 atom stereocenters. The summed E-state index contributed by atoms with van der Waals surface area (Å²) in [5, 5.41) is 10.7. The van der Waals surface area contributed by atoms with Gasteiger partial charge in [0.1, 0.15) is 10.6 Å². The van der Waals surface area contributed by atoms with Crippen molar-refractivity contribution in [2.45, 2.75) is 4.90 Å². The number of hydrogen-bond donors (Lipinski definition) is 0. The smallest absolute Gasteiger partial charge is 0.340 e. The highest BCUT2D eigenvalue weighted by Gasteiger charge is 2.21. The molecule has 0 aromatic heterocycles. The summed E-state index contributed by atoms with van der Waals surface area (Å²) in [6, 6.07) is 9.55. The summed E-state index contributed by atoms with van der Waals surface area (Å²) in [5.41, 5.74) is -0.254. The number of nitro benzene ring substituents is 1. The molecule has 21 heavy (non-hydrogen) atoms. The van der Waals surface area contributed by atoms with Gasteiger partial charge in [-0.2, -0.15) is 8.42 Å². The van der Waals surface area contributed by atoms with Crippen LogP contribution >= 0.6 is 31.9 Å². The van der Waals surface area contributed by atoms with Gasteiger partial charge in [-0.3, -0.25) is 10.1 Å². The Bertz CT molecular complexity index is 807. The van der Waals surface area contributed by atoms with E-state index < -0.39 is 15.0 Å². The van der Waals surface area contributed by atoms with Crippen LogP contribution in [0.4, 0.5) is 5.69 Å². The summed E-state index contributed by atoms with van der Waals surface area (Å²) in [6.07, 6.45) is 0. The fourth-order valence-electron chi connectivity index (χ4n) is 1.49. The normalized spacial score (nSPS) is 11.1. The molecule has 0 aliphatic heterocycles. The number of nitro groups is 1. The van der Waals surface area contributed by atoms with Crippen LogP contribution in [0.15, 0.2) is 56.3 Å². The summed E-state index contributed by atoms with van der Waals surface area (Å²) in [7, 11) is -4.11. The van der Waals surface area contributed by atoms with Crippen LogP contribution in [0, 0.1) is 10.1 Å². The van der Waals surface area contributed by atoms with E-state index >= 15 is 0 Å². The van der Waals surface area contributed by atoms with Gasteiger partial charge in [0.15, 0.2) is 0 Å². The molecule has 0 saturated heterocycles. The van der Waals surface area contributed by atoms with Crippen molar-refractivity contribution in [2.24, 2.45) is 0 Å². The van der Waals surface area contributed by atoms with E-state index in [4.69, 9.17) is 4.18 Å². The minimum atomic E-state index is -4.11. The number of benzene rings is 2. The summed E-state index contributed by atoms with van der Waals surface area (Å²) in [4.78, 5) is 9.96. The van der Waals surface area contributed by atoms with Gasteiger partial charge < -0.3 is 4.18 Å². The monoisotopic (exact) mass is 435 g/mol. The Labute approximate surface area is 137 Å². The molecule has 0 bridgehead atoms. The molecular weight excluding hydrogens is 430 g/mol. The third-order valence-corrected chi connectivity index (χ3v) is 5.13. The predicted molar refractivity (Wildman–Crippen MR) is 82.8 cm³/mol. The van der Waals surface area contributed by atoms with Gasteiger partial charge >= 0.3 is 10.1 Å². The van der Waals surface area contributed by atoms with Gasteiger partial charge in [0.25, 0.3) is 5.69 Å². The lowest BCUT2D eigenvalue weighted by molar-refractivity contribution is -0.384. The Morgan fingerprint density at radius 1 is 1.10 bits per heavy atom. The highest BCUT2D eigenvalue weighted by atomic mass is 79.9. The summed E-state index contributed by atoms with van der Waals surface area (Å²) < 4.78 is 30.2. The number of nitrogens with zero attached hydrogens (tertiary/aromatic N) is 1. The molecule has 0 aliphatic carbocycles. The molecule has 2 rings (SSSR count). The van der Waals surface area contributed by atoms with E-state index in [2.05, 4.69) is 31.9 Å². The van der Waals surface area contributed by atoms with Crippen LogP contribution in [0.1, 0.15) is 0 Å². The molecule has 0 fully saturated rings. The van der Waals surface area contributed by atoms with Gasteiger partial charge in [-0.1, -0.05) is 22.0 Å². The molecular formula is C12H7Br2NO5S. The van der Waals surface area contributed by atoms with Crippen molar-refractivity contribution in [1.82, 2.24) is 0 Å². The third-order valence-electron chi connectivity index (χ3n) is 2.40. The van der Waals surface area contributed by atoms with Crippen LogP contribution in [0.2, 0.25) is 0 Å². The van der Waals surface area contributed by atoms with Crippen molar-refractivity contribution in [3.63, 3.8) is 0 Å². The van der Waals surface area contributed by atoms with Crippen LogP contribution in [0.5, 0.6) is 5.75 Å². The largest absolute Gasteiger partial charge is 0.379 e. The van der Waals surface area contributed by atoms with Crippen molar-refractivity contribution in [3.8, 4) is 5.75 Å². The van der Waals surface area contributed by atoms with Crippen molar-refractivity contribution in [3.05, 3.63) is 61.5 Å². The summed E-state index contributed by atoms with van der Waals surface area (Å²) >= 11 is 6.30. The molecule has 9 heteroatoms. The Hall–Kier alpha value is -1.45. The van der Waals surface area contributed by atoms with Crippen molar-refractivity contribution >= 4 is 47.7 Å². The molecule has 2 aromatic carbocycles. The Morgan fingerprint density at radius 2 is 1.81 bits per heavy atom. The van der Waals surface area contributed by atoms with E-state index in [0.717, 1.165) is 6.07 Å². The third kappa shape index (κ3) is 3.80. The minimum Gasteiger partial charge on any atom is -0.379 e. The van der Waals surface area contributed by atoms with E-state index in [1.807, 2.05) is 0 Å². The molecule has 0 N–H and O–H groups in total. The molecule has 0 saturated carbocycles. The predicted octanol–water partition coefficient (Wildman–Crippen LogP) is 3.89. The zero-order valence-electron chi connectivity index (χ0n) is 10.2. The first-order valence-corrected chi connectivity index (χ1v) is 8.43. The Balaban J connectivity index is 2.40.